The predicted molar refractivity (Wildman–Crippen MR) is 172 cm³/mol. The second-order valence-electron chi connectivity index (χ2n) is 13.6. The van der Waals surface area contributed by atoms with Crippen molar-refractivity contribution in [3.05, 3.63) is 65.7 Å². The summed E-state index contributed by atoms with van der Waals surface area (Å²) in [5.41, 5.74) is 3.07. The van der Waals surface area contributed by atoms with Gasteiger partial charge in [0.05, 0.1) is 11.9 Å². The number of carbonyl (C=O) groups excluding carboxylic acids is 2. The topological polar surface area (TPSA) is 86.8 Å². The Labute approximate surface area is 258 Å². The zero-order chi connectivity index (χ0) is 30.8. The van der Waals surface area contributed by atoms with Gasteiger partial charge in [-0.15, -0.1) is 0 Å². The molecule has 0 unspecified atom stereocenters. The Balaban J connectivity index is 1.37. The molecule has 0 spiro atoms. The van der Waals surface area contributed by atoms with Gasteiger partial charge in [0, 0.05) is 12.6 Å². The largest absolute Gasteiger partial charge is 0.352 e. The molecule has 4 aliphatic carbocycles. The summed E-state index contributed by atoms with van der Waals surface area (Å²) in [4.78, 5) is 28.9. The zero-order valence-electron chi connectivity index (χ0n) is 26.3. The Bertz CT molecular complexity index is 1340. The molecule has 6 rings (SSSR count). The number of nitrogens with one attached hydrogen (secondary N) is 1. The SMILES string of the molecule is CC[C@H](C(=O)N[C@@H](C)CC)N(CCc1ccccc1)C(=O)CN(c1ccc(C23CC4CC(CC(C4)C2)C3)cc1)S(C)(=O)=O. The molecule has 43 heavy (non-hydrogen) atoms. The highest BCUT2D eigenvalue weighted by molar-refractivity contribution is 7.92. The molecule has 4 bridgehead atoms. The summed E-state index contributed by atoms with van der Waals surface area (Å²) >= 11 is 0. The average molecular weight is 608 g/mol. The Kier molecular flexibility index (Phi) is 9.55. The highest BCUT2D eigenvalue weighted by atomic mass is 32.2. The molecule has 2 atom stereocenters. The third-order valence-corrected chi connectivity index (χ3v) is 11.5. The van der Waals surface area contributed by atoms with Gasteiger partial charge in [-0.1, -0.05) is 56.3 Å². The Hall–Kier alpha value is -2.87. The fourth-order valence-corrected chi connectivity index (χ4v) is 9.25. The van der Waals surface area contributed by atoms with Crippen LogP contribution in [-0.4, -0.2) is 56.6 Å². The van der Waals surface area contributed by atoms with Crippen LogP contribution in [0.25, 0.3) is 0 Å². The molecular formula is C35H49N3O4S. The first-order chi connectivity index (χ1) is 20.5. The molecule has 0 heterocycles. The minimum atomic E-state index is -3.76. The van der Waals surface area contributed by atoms with Gasteiger partial charge in [-0.3, -0.25) is 13.9 Å². The Morgan fingerprint density at radius 1 is 0.907 bits per heavy atom. The smallest absolute Gasteiger partial charge is 0.244 e. The lowest BCUT2D eigenvalue weighted by Gasteiger charge is -2.57. The second-order valence-corrected chi connectivity index (χ2v) is 15.5. The van der Waals surface area contributed by atoms with Gasteiger partial charge in [0.2, 0.25) is 21.8 Å². The molecule has 2 aromatic carbocycles. The molecule has 2 aromatic rings. The molecule has 8 heteroatoms. The van der Waals surface area contributed by atoms with Crippen molar-refractivity contribution in [3.63, 3.8) is 0 Å². The molecule has 0 saturated heterocycles. The minimum Gasteiger partial charge on any atom is -0.352 e. The van der Waals surface area contributed by atoms with Gasteiger partial charge in [0.15, 0.2) is 0 Å². The molecular weight excluding hydrogens is 558 g/mol. The highest BCUT2D eigenvalue weighted by Gasteiger charge is 2.51. The summed E-state index contributed by atoms with van der Waals surface area (Å²) in [7, 11) is -3.76. The molecule has 0 aromatic heterocycles. The van der Waals surface area contributed by atoms with E-state index in [0.717, 1.165) is 36.0 Å². The lowest BCUT2D eigenvalue weighted by Crippen LogP contribution is -2.54. The van der Waals surface area contributed by atoms with Crippen LogP contribution < -0.4 is 9.62 Å². The van der Waals surface area contributed by atoms with E-state index < -0.39 is 16.1 Å². The lowest BCUT2D eigenvalue weighted by atomic mass is 9.48. The number of benzene rings is 2. The number of hydrogen-bond donors (Lipinski definition) is 1. The van der Waals surface area contributed by atoms with E-state index in [1.54, 1.807) is 4.90 Å². The second kappa shape index (κ2) is 13.0. The molecule has 234 valence electrons. The molecule has 2 amide bonds. The number of nitrogens with zero attached hydrogens (tertiary/aromatic N) is 2. The van der Waals surface area contributed by atoms with Crippen LogP contribution in [-0.2, 0) is 31.4 Å². The fourth-order valence-electron chi connectivity index (χ4n) is 8.40. The predicted octanol–water partition coefficient (Wildman–Crippen LogP) is 5.69. The summed E-state index contributed by atoms with van der Waals surface area (Å²) in [6.45, 7) is 5.80. The van der Waals surface area contributed by atoms with Gasteiger partial charge < -0.3 is 10.2 Å². The van der Waals surface area contributed by atoms with E-state index in [4.69, 9.17) is 0 Å². The van der Waals surface area contributed by atoms with Crippen molar-refractivity contribution in [2.75, 3.05) is 23.7 Å². The molecule has 0 radical (unpaired) electrons. The van der Waals surface area contributed by atoms with Crippen LogP contribution in [0, 0.1) is 17.8 Å². The summed E-state index contributed by atoms with van der Waals surface area (Å²) in [5.74, 6) is 1.88. The molecule has 0 aliphatic heterocycles. The van der Waals surface area contributed by atoms with Crippen molar-refractivity contribution in [1.82, 2.24) is 10.2 Å². The van der Waals surface area contributed by atoms with E-state index >= 15 is 0 Å². The summed E-state index contributed by atoms with van der Waals surface area (Å²) in [6.07, 6.45) is 10.7. The van der Waals surface area contributed by atoms with Crippen LogP contribution in [0.2, 0.25) is 0 Å². The van der Waals surface area contributed by atoms with E-state index in [0.29, 0.717) is 25.1 Å². The monoisotopic (exact) mass is 607 g/mol. The number of hydrogen-bond acceptors (Lipinski definition) is 4. The molecule has 4 aliphatic rings. The van der Waals surface area contributed by atoms with Crippen molar-refractivity contribution in [2.24, 2.45) is 17.8 Å². The standard InChI is InChI=1S/C35H49N3O4S/c1-5-25(3)36-34(40)32(6-2)37(17-16-26-10-8-7-9-11-26)33(39)24-38(43(4,41)42)31-14-12-30(13-15-31)35-21-27-18-28(22-35)20-29(19-27)23-35/h7-15,25,27-29,32H,5-6,16-24H2,1-4H3,(H,36,40)/t25-,27?,28?,29?,32+,35?/m0/s1. The average Bonchev–Trinajstić information content (AvgIpc) is 2.97. The Morgan fingerprint density at radius 2 is 1.49 bits per heavy atom. The van der Waals surface area contributed by atoms with Crippen LogP contribution in [0.1, 0.15) is 83.3 Å². The quantitative estimate of drug-likeness (QED) is 0.317. The maximum absolute atomic E-state index is 14.0. The molecule has 4 fully saturated rings. The number of amides is 2. The van der Waals surface area contributed by atoms with Gasteiger partial charge in [-0.25, -0.2) is 8.42 Å². The molecule has 7 nitrogen and oxygen atoms in total. The van der Waals surface area contributed by atoms with E-state index in [1.165, 1.54) is 48.4 Å². The van der Waals surface area contributed by atoms with E-state index in [-0.39, 0.29) is 29.8 Å². The molecule has 4 saturated carbocycles. The number of carbonyl (C=O) groups is 2. The van der Waals surface area contributed by atoms with Gasteiger partial charge >= 0.3 is 0 Å². The van der Waals surface area contributed by atoms with Crippen molar-refractivity contribution in [2.45, 2.75) is 96.1 Å². The van der Waals surface area contributed by atoms with E-state index in [1.807, 2.05) is 63.2 Å². The van der Waals surface area contributed by atoms with Crippen LogP contribution >= 0.6 is 0 Å². The van der Waals surface area contributed by atoms with Crippen molar-refractivity contribution >= 4 is 27.5 Å². The fraction of sp³-hybridized carbons (Fsp3) is 0.600. The number of sulfonamides is 1. The first-order valence-corrected chi connectivity index (χ1v) is 18.1. The van der Waals surface area contributed by atoms with Crippen LogP contribution in [0.5, 0.6) is 0 Å². The van der Waals surface area contributed by atoms with Gasteiger partial charge in [-0.2, -0.15) is 0 Å². The van der Waals surface area contributed by atoms with E-state index in [2.05, 4.69) is 17.4 Å². The lowest BCUT2D eigenvalue weighted by molar-refractivity contribution is -0.139. The zero-order valence-corrected chi connectivity index (χ0v) is 27.1. The van der Waals surface area contributed by atoms with Crippen LogP contribution in [0.15, 0.2) is 54.6 Å². The normalized spacial score (nSPS) is 25.6. The van der Waals surface area contributed by atoms with Crippen LogP contribution in [0.3, 0.4) is 0 Å². The van der Waals surface area contributed by atoms with Gasteiger partial charge in [0.1, 0.15) is 12.6 Å². The highest BCUT2D eigenvalue weighted by Crippen LogP contribution is 2.60. The van der Waals surface area contributed by atoms with Crippen molar-refractivity contribution < 1.29 is 18.0 Å². The third-order valence-electron chi connectivity index (χ3n) is 10.4. The van der Waals surface area contributed by atoms with Crippen LogP contribution in [0.4, 0.5) is 5.69 Å². The summed E-state index contributed by atoms with van der Waals surface area (Å²) < 4.78 is 27.4. The Morgan fingerprint density at radius 3 is 2.00 bits per heavy atom. The minimum absolute atomic E-state index is 0.0207. The first-order valence-electron chi connectivity index (χ1n) is 16.2. The first kappa shape index (κ1) is 31.6. The van der Waals surface area contributed by atoms with Gasteiger partial charge in [-0.05, 0) is 111 Å². The number of rotatable bonds is 13. The summed E-state index contributed by atoms with van der Waals surface area (Å²) in [5, 5.41) is 3.03. The third kappa shape index (κ3) is 7.11. The van der Waals surface area contributed by atoms with Gasteiger partial charge in [0.25, 0.3) is 0 Å². The molecule has 1 N–H and O–H groups in total. The maximum atomic E-state index is 14.0. The summed E-state index contributed by atoms with van der Waals surface area (Å²) in [6, 6.07) is 17.1. The number of anilines is 1. The van der Waals surface area contributed by atoms with Crippen molar-refractivity contribution in [1.29, 1.82) is 0 Å². The van der Waals surface area contributed by atoms with Crippen molar-refractivity contribution in [3.8, 4) is 0 Å². The maximum Gasteiger partial charge on any atom is 0.244 e. The van der Waals surface area contributed by atoms with E-state index in [9.17, 15) is 18.0 Å².